The van der Waals surface area contributed by atoms with E-state index in [1.165, 1.54) is 6.92 Å². The molecule has 0 rings (SSSR count). The van der Waals surface area contributed by atoms with E-state index in [1.807, 2.05) is 0 Å². The van der Waals surface area contributed by atoms with Crippen LogP contribution in [0.4, 0.5) is 0 Å². The van der Waals surface area contributed by atoms with Crippen molar-refractivity contribution >= 4 is 33.2 Å². The van der Waals surface area contributed by atoms with Crippen LogP contribution in [0.25, 0.3) is 0 Å². The topological polar surface area (TPSA) is 98.5 Å². The third-order valence-electron chi connectivity index (χ3n) is 2.07. The zero-order chi connectivity index (χ0) is 12.9. The summed E-state index contributed by atoms with van der Waals surface area (Å²) in [6.07, 6.45) is 0. The first-order valence-corrected chi connectivity index (χ1v) is 6.53. The largest absolute Gasteiger partial charge is 0.468 e. The Bertz CT molecular complexity index is 366. The predicted molar refractivity (Wildman–Crippen MR) is 64.3 cm³/mol. The average Bonchev–Trinajstić information content (AvgIpc) is 2.23. The molecule has 0 fully saturated rings. The molecule has 2 atom stereocenters. The fourth-order valence-corrected chi connectivity index (χ4v) is 1.92. The van der Waals surface area contributed by atoms with Crippen LogP contribution in [-0.4, -0.2) is 38.3 Å². The molecule has 0 saturated carbocycles. The Labute approximate surface area is 101 Å². The van der Waals surface area contributed by atoms with Crippen LogP contribution < -0.4 is 10.5 Å². The Morgan fingerprint density at radius 1 is 1.50 bits per heavy atom. The highest BCUT2D eigenvalue weighted by molar-refractivity contribution is 7.90. The van der Waals surface area contributed by atoms with Crippen LogP contribution in [0.2, 0.25) is 0 Å². The molecular formula is C8H16N2O4S2. The van der Waals surface area contributed by atoms with Crippen LogP contribution in [0.3, 0.4) is 0 Å². The van der Waals surface area contributed by atoms with Gasteiger partial charge in [-0.05, 0) is 6.92 Å². The van der Waals surface area contributed by atoms with E-state index >= 15 is 0 Å². The molecule has 94 valence electrons. The van der Waals surface area contributed by atoms with Crippen LogP contribution in [0.5, 0.6) is 0 Å². The van der Waals surface area contributed by atoms with Crippen molar-refractivity contribution in [2.75, 3.05) is 13.7 Å². The van der Waals surface area contributed by atoms with Crippen molar-refractivity contribution in [2.24, 2.45) is 11.7 Å². The number of carbonyl (C=O) groups is 1. The zero-order valence-electron chi connectivity index (χ0n) is 9.39. The Morgan fingerprint density at radius 3 is 2.38 bits per heavy atom. The van der Waals surface area contributed by atoms with E-state index in [4.69, 9.17) is 18.0 Å². The van der Waals surface area contributed by atoms with Crippen molar-refractivity contribution in [2.45, 2.75) is 19.1 Å². The number of nitrogens with one attached hydrogen (secondary N) is 1. The maximum atomic E-state index is 11.6. The van der Waals surface area contributed by atoms with Gasteiger partial charge in [-0.3, -0.25) is 4.79 Å². The van der Waals surface area contributed by atoms with E-state index in [0.29, 0.717) is 0 Å². The summed E-state index contributed by atoms with van der Waals surface area (Å²) in [5.41, 5.74) is 5.33. The third-order valence-corrected chi connectivity index (χ3v) is 4.17. The summed E-state index contributed by atoms with van der Waals surface area (Å²) in [5, 5.41) is -1.25. The highest BCUT2D eigenvalue weighted by Gasteiger charge is 2.28. The normalized spacial score (nSPS) is 15.2. The highest BCUT2D eigenvalue weighted by Crippen LogP contribution is 2.02. The first-order chi connectivity index (χ1) is 7.22. The molecule has 0 amide bonds. The molecule has 0 aliphatic heterocycles. The van der Waals surface area contributed by atoms with Crippen LogP contribution in [0.15, 0.2) is 0 Å². The summed E-state index contributed by atoms with van der Waals surface area (Å²) < 4.78 is 29.7. The lowest BCUT2D eigenvalue weighted by Gasteiger charge is -2.14. The quantitative estimate of drug-likeness (QED) is 0.492. The van der Waals surface area contributed by atoms with Crippen molar-refractivity contribution in [3.05, 3.63) is 0 Å². The number of rotatable bonds is 6. The molecule has 0 aromatic rings. The smallest absolute Gasteiger partial charge is 0.325 e. The molecule has 0 aliphatic carbocycles. The number of hydrogen-bond donors (Lipinski definition) is 2. The summed E-state index contributed by atoms with van der Waals surface area (Å²) in [5.74, 6) is -1.08. The second-order valence-corrected chi connectivity index (χ2v) is 5.92. The maximum absolute atomic E-state index is 11.6. The van der Waals surface area contributed by atoms with Gasteiger partial charge in [-0.2, -0.15) is 0 Å². The number of methoxy groups -OCH3 is 1. The van der Waals surface area contributed by atoms with Crippen molar-refractivity contribution in [1.29, 1.82) is 0 Å². The fraction of sp³-hybridized carbons (Fsp3) is 0.750. The summed E-state index contributed by atoms with van der Waals surface area (Å²) >= 11 is 4.70. The second-order valence-electron chi connectivity index (χ2n) is 3.36. The Hall–Kier alpha value is -0.730. The molecule has 6 nitrogen and oxygen atoms in total. The minimum Gasteiger partial charge on any atom is -0.468 e. The minimum atomic E-state index is -3.74. The number of carbonyl (C=O) groups excluding carboxylic acids is 1. The first kappa shape index (κ1) is 15.3. The van der Waals surface area contributed by atoms with Gasteiger partial charge in [0.1, 0.15) is 0 Å². The van der Waals surface area contributed by atoms with Gasteiger partial charge < -0.3 is 10.5 Å². The number of esters is 1. The van der Waals surface area contributed by atoms with E-state index in [0.717, 1.165) is 7.11 Å². The molecule has 0 aliphatic rings. The number of thiocarbonyl (C=S) groups is 1. The molecule has 0 spiro atoms. The van der Waals surface area contributed by atoms with Gasteiger partial charge in [0.05, 0.1) is 12.1 Å². The lowest BCUT2D eigenvalue weighted by molar-refractivity contribution is -0.139. The molecule has 2 unspecified atom stereocenters. The van der Waals surface area contributed by atoms with Gasteiger partial charge >= 0.3 is 5.97 Å². The van der Waals surface area contributed by atoms with E-state index in [9.17, 15) is 13.2 Å². The van der Waals surface area contributed by atoms with Crippen LogP contribution >= 0.6 is 12.2 Å². The molecule has 0 bridgehead atoms. The van der Waals surface area contributed by atoms with E-state index < -0.39 is 21.2 Å². The van der Waals surface area contributed by atoms with Crippen molar-refractivity contribution in [1.82, 2.24) is 4.72 Å². The Morgan fingerprint density at radius 2 is 2.00 bits per heavy atom. The molecule has 0 aromatic carbocycles. The molecular weight excluding hydrogens is 252 g/mol. The molecule has 0 aromatic heterocycles. The van der Waals surface area contributed by atoms with Gasteiger partial charge in [-0.15, -0.1) is 0 Å². The number of ether oxygens (including phenoxy) is 1. The monoisotopic (exact) mass is 268 g/mol. The number of sulfonamides is 1. The molecule has 0 saturated heterocycles. The van der Waals surface area contributed by atoms with Crippen molar-refractivity contribution in [3.8, 4) is 0 Å². The van der Waals surface area contributed by atoms with Gasteiger partial charge in [0.15, 0.2) is 5.25 Å². The van der Waals surface area contributed by atoms with Gasteiger partial charge in [0, 0.05) is 12.5 Å². The lowest BCUT2D eigenvalue weighted by Crippen LogP contribution is -2.41. The van der Waals surface area contributed by atoms with Gasteiger partial charge in [0.2, 0.25) is 10.0 Å². The average molecular weight is 268 g/mol. The molecule has 16 heavy (non-hydrogen) atoms. The first-order valence-electron chi connectivity index (χ1n) is 4.58. The standard InChI is InChI=1S/C8H16N2O4S2/c1-5(7(9)15)4-10-16(12,13)6(2)8(11)14-3/h5-6,10H,4H2,1-3H3,(H2,9,15). The molecule has 8 heteroatoms. The van der Waals surface area contributed by atoms with Crippen molar-refractivity contribution < 1.29 is 17.9 Å². The van der Waals surface area contributed by atoms with Gasteiger partial charge in [-0.25, -0.2) is 13.1 Å². The van der Waals surface area contributed by atoms with Crippen LogP contribution in [0, 0.1) is 5.92 Å². The molecule has 0 radical (unpaired) electrons. The third kappa shape index (κ3) is 4.42. The highest BCUT2D eigenvalue weighted by atomic mass is 32.2. The van der Waals surface area contributed by atoms with E-state index in [-0.39, 0.29) is 17.5 Å². The van der Waals surface area contributed by atoms with Crippen LogP contribution in [0.1, 0.15) is 13.8 Å². The predicted octanol–water partition coefficient (Wildman–Crippen LogP) is -0.610. The van der Waals surface area contributed by atoms with E-state index in [2.05, 4.69) is 9.46 Å². The summed E-state index contributed by atoms with van der Waals surface area (Å²) in [4.78, 5) is 11.3. The van der Waals surface area contributed by atoms with E-state index in [1.54, 1.807) is 6.92 Å². The molecule has 3 N–H and O–H groups in total. The minimum absolute atomic E-state index is 0.0685. The second kappa shape index (κ2) is 6.12. The Balaban J connectivity index is 4.48. The Kier molecular flexibility index (Phi) is 5.84. The summed E-state index contributed by atoms with van der Waals surface area (Å²) in [6, 6.07) is 0. The molecule has 0 heterocycles. The zero-order valence-corrected chi connectivity index (χ0v) is 11.0. The maximum Gasteiger partial charge on any atom is 0.325 e. The SMILES string of the molecule is COC(=O)C(C)S(=O)(=O)NCC(C)C(N)=S. The number of nitrogens with two attached hydrogens (primary N) is 1. The van der Waals surface area contributed by atoms with Crippen molar-refractivity contribution in [3.63, 3.8) is 0 Å². The fourth-order valence-electron chi connectivity index (χ4n) is 0.759. The van der Waals surface area contributed by atoms with Gasteiger partial charge in [-0.1, -0.05) is 19.1 Å². The lowest BCUT2D eigenvalue weighted by atomic mass is 10.2. The van der Waals surface area contributed by atoms with Crippen LogP contribution in [-0.2, 0) is 19.6 Å². The van der Waals surface area contributed by atoms with Gasteiger partial charge in [0.25, 0.3) is 0 Å². The number of hydrogen-bond acceptors (Lipinski definition) is 5. The summed E-state index contributed by atoms with van der Waals surface area (Å²) in [6.45, 7) is 3.01. The summed E-state index contributed by atoms with van der Waals surface area (Å²) in [7, 11) is -2.61.